The summed E-state index contributed by atoms with van der Waals surface area (Å²) >= 11 is 0. The van der Waals surface area contributed by atoms with Gasteiger partial charge in [-0.2, -0.15) is 0 Å². The molecular weight excluding hydrogens is 1320 g/mol. The molecule has 0 spiro atoms. The highest BCUT2D eigenvalue weighted by molar-refractivity contribution is 7.47. The normalized spacial score (nSPS) is 27.8. The molecule has 11 N–H and O–H groups in total. The van der Waals surface area contributed by atoms with Crippen LogP contribution >= 0.6 is 7.82 Å². The molecule has 25 heteroatoms. The Hall–Kier alpha value is -2.56. The summed E-state index contributed by atoms with van der Waals surface area (Å²) in [5, 5.41) is 110. The third-order valence-corrected chi connectivity index (χ3v) is 20.3. The maximum atomic E-state index is 14.4. The van der Waals surface area contributed by atoms with E-state index < -0.39 is 156 Å². The summed E-state index contributed by atoms with van der Waals surface area (Å²) < 4.78 is 65.1. The number of carbonyl (C=O) groups is 3. The van der Waals surface area contributed by atoms with E-state index in [0.717, 1.165) is 116 Å². The summed E-state index contributed by atoms with van der Waals surface area (Å²) in [7, 11) is -5.70. The number of rotatable bonds is 60. The third kappa shape index (κ3) is 38.6. The minimum Gasteiger partial charge on any atom is -0.463 e. The predicted octanol–water partition coefficient (Wildman–Crippen LogP) is 11.2. The maximum Gasteiger partial charge on any atom is 0.472 e. The van der Waals surface area contributed by atoms with Gasteiger partial charge in [-0.1, -0.05) is 232 Å². The van der Waals surface area contributed by atoms with Gasteiger partial charge in [0, 0.05) is 19.3 Å². The van der Waals surface area contributed by atoms with Crippen molar-refractivity contribution >= 4 is 25.7 Å². The first-order valence-electron chi connectivity index (χ1n) is 39.0. The first-order chi connectivity index (χ1) is 48.2. The monoisotopic (exact) mass is 1450 g/mol. The summed E-state index contributed by atoms with van der Waals surface area (Å²) in [4.78, 5) is 51.1. The van der Waals surface area contributed by atoms with Crippen molar-refractivity contribution in [3.63, 3.8) is 0 Å². The van der Waals surface area contributed by atoms with Crippen LogP contribution in [0.2, 0.25) is 0 Å². The molecule has 0 amide bonds. The standard InChI is InChI=1S/C75H137O24P/c1-5-8-11-14-17-19-21-23-25-27-29-31-33-40-45-50-61(79)94-56(52-91-59(77)48-43-39-35-34-37-42-47-55(4)46-41-36-16-13-10-7-3)53-93-100(89,90)99-73-71(97-74-69(87)64(82)62(80)57(51-76)95-74)67(85)66(84)68(86)72(73)98-75-70(88)65(83)63(81)58(96-75)54-92-60(78)49-44-38-32-30-28-26-24-22-20-18-15-12-9-6-2/h19,21,26,28,55-58,62-76,80-88H,5-18,20,22-25,27,29-54H2,1-4H3,(H,89,90)/b21-19-,28-26-. The second kappa shape index (κ2) is 55.8. The molecule has 0 aromatic rings. The van der Waals surface area contributed by atoms with Crippen LogP contribution in [0.15, 0.2) is 24.3 Å². The second-order valence-electron chi connectivity index (χ2n) is 28.3. The fraction of sp³-hybridized carbons (Fsp3) is 0.907. The zero-order chi connectivity index (χ0) is 73.3. The highest BCUT2D eigenvalue weighted by Gasteiger charge is 2.58. The quantitative estimate of drug-likeness (QED) is 0.00886. The van der Waals surface area contributed by atoms with Crippen molar-refractivity contribution in [3.05, 3.63) is 24.3 Å². The van der Waals surface area contributed by atoms with E-state index in [2.05, 4.69) is 52.0 Å². The van der Waals surface area contributed by atoms with Gasteiger partial charge in [-0.25, -0.2) is 4.57 Å². The Morgan fingerprint density at radius 3 is 1.20 bits per heavy atom. The smallest absolute Gasteiger partial charge is 0.463 e. The van der Waals surface area contributed by atoms with Gasteiger partial charge in [0.05, 0.1) is 13.2 Å². The van der Waals surface area contributed by atoms with Gasteiger partial charge in [-0.15, -0.1) is 0 Å². The third-order valence-electron chi connectivity index (χ3n) is 19.3. The molecule has 0 bridgehead atoms. The molecule has 2 aliphatic heterocycles. The molecular formula is C75H137O24P. The number of phosphoric ester groups is 1. The highest BCUT2D eigenvalue weighted by atomic mass is 31.2. The lowest BCUT2D eigenvalue weighted by Gasteiger charge is -2.49. The van der Waals surface area contributed by atoms with Crippen molar-refractivity contribution in [2.75, 3.05) is 26.4 Å². The summed E-state index contributed by atoms with van der Waals surface area (Å²) in [5.74, 6) is -1.31. The van der Waals surface area contributed by atoms with Gasteiger partial charge in [0.15, 0.2) is 18.7 Å². The molecule has 586 valence electrons. The van der Waals surface area contributed by atoms with E-state index in [4.69, 9.17) is 42.2 Å². The van der Waals surface area contributed by atoms with Crippen molar-refractivity contribution in [3.8, 4) is 0 Å². The van der Waals surface area contributed by atoms with Crippen LogP contribution in [0.1, 0.15) is 297 Å². The average Bonchev–Trinajstić information content (AvgIpc) is 0.762. The van der Waals surface area contributed by atoms with Gasteiger partial charge < -0.3 is 89.1 Å². The summed E-state index contributed by atoms with van der Waals surface area (Å²) in [6.07, 6.45) is 15.2. The zero-order valence-corrected chi connectivity index (χ0v) is 62.3. The molecule has 1 aliphatic carbocycles. The Bertz CT molecular complexity index is 2180. The van der Waals surface area contributed by atoms with E-state index in [9.17, 15) is 74.9 Å². The molecule has 2 heterocycles. The Morgan fingerprint density at radius 2 is 0.760 bits per heavy atom. The number of ether oxygens (including phenoxy) is 7. The molecule has 3 rings (SSSR count). The largest absolute Gasteiger partial charge is 0.472 e. The molecule has 24 nitrogen and oxygen atoms in total. The van der Waals surface area contributed by atoms with Crippen molar-refractivity contribution in [1.82, 2.24) is 0 Å². The Balaban J connectivity index is 1.74. The lowest BCUT2D eigenvalue weighted by Crippen LogP contribution is -2.69. The van der Waals surface area contributed by atoms with Crippen molar-refractivity contribution < 1.29 is 117 Å². The number of esters is 3. The highest BCUT2D eigenvalue weighted by Crippen LogP contribution is 2.49. The predicted molar refractivity (Wildman–Crippen MR) is 379 cm³/mol. The minimum atomic E-state index is -5.70. The van der Waals surface area contributed by atoms with Gasteiger partial charge in [0.25, 0.3) is 0 Å². The zero-order valence-electron chi connectivity index (χ0n) is 61.4. The van der Waals surface area contributed by atoms with E-state index in [1.807, 2.05) is 0 Å². The summed E-state index contributed by atoms with van der Waals surface area (Å²) in [6, 6.07) is 0. The number of hydrogen-bond donors (Lipinski definition) is 11. The number of phosphoric acid groups is 1. The van der Waals surface area contributed by atoms with Crippen LogP contribution in [0.25, 0.3) is 0 Å². The Kier molecular flexibility index (Phi) is 51.2. The van der Waals surface area contributed by atoms with Gasteiger partial charge in [-0.05, 0) is 76.5 Å². The molecule has 3 fully saturated rings. The topological polar surface area (TPSA) is 374 Å². The van der Waals surface area contributed by atoms with Crippen molar-refractivity contribution in [1.29, 1.82) is 0 Å². The SMILES string of the molecule is CCCCCC/C=C\CCCCCCCCCC(=O)OC(COC(=O)CCCCCCCCC(C)CCCCCCCC)COP(=O)(O)OC1C(OC2OC(CO)C(O)C(O)C2O)C(O)C(O)C(O)C1OC1OC(COC(=O)CCCCC/C=C\CCCCCCCCC)C(O)C(O)C1O. The molecule has 2 saturated heterocycles. The molecule has 100 heavy (non-hydrogen) atoms. The number of carbonyl (C=O) groups excluding carboxylic acids is 3. The first kappa shape index (κ1) is 91.6. The molecule has 1 saturated carbocycles. The van der Waals surface area contributed by atoms with E-state index >= 15 is 0 Å². The molecule has 19 unspecified atom stereocenters. The molecule has 0 aromatic carbocycles. The average molecular weight is 1450 g/mol. The second-order valence-corrected chi connectivity index (χ2v) is 29.7. The first-order valence-corrected chi connectivity index (χ1v) is 40.5. The van der Waals surface area contributed by atoms with E-state index in [1.54, 1.807) is 0 Å². The number of unbranched alkanes of at least 4 members (excludes halogenated alkanes) is 31. The number of aliphatic hydroxyl groups is 10. The molecule has 3 aliphatic rings. The Morgan fingerprint density at radius 1 is 0.410 bits per heavy atom. The van der Waals surface area contributed by atoms with E-state index in [0.29, 0.717) is 25.2 Å². The fourth-order valence-electron chi connectivity index (χ4n) is 12.9. The van der Waals surface area contributed by atoms with Gasteiger partial charge in [0.1, 0.15) is 98.7 Å². The van der Waals surface area contributed by atoms with Crippen molar-refractivity contribution in [2.45, 2.75) is 402 Å². The number of allylic oxidation sites excluding steroid dienone is 4. The van der Waals surface area contributed by atoms with Crippen LogP contribution < -0.4 is 0 Å². The van der Waals surface area contributed by atoms with E-state index in [-0.39, 0.29) is 19.3 Å². The number of aliphatic hydroxyl groups excluding tert-OH is 10. The minimum absolute atomic E-state index is 0.00796. The van der Waals surface area contributed by atoms with Crippen LogP contribution in [-0.2, 0) is 61.2 Å². The van der Waals surface area contributed by atoms with Crippen LogP contribution in [-0.4, -0.2) is 204 Å². The lowest BCUT2D eigenvalue weighted by molar-refractivity contribution is -0.360. The molecule has 0 radical (unpaired) electrons. The van der Waals surface area contributed by atoms with Crippen LogP contribution in [0.5, 0.6) is 0 Å². The Labute approximate surface area is 598 Å². The van der Waals surface area contributed by atoms with Gasteiger partial charge in [0.2, 0.25) is 0 Å². The summed E-state index contributed by atoms with van der Waals surface area (Å²) in [6.45, 7) is 5.75. The lowest BCUT2D eigenvalue weighted by atomic mass is 9.84. The van der Waals surface area contributed by atoms with Gasteiger partial charge >= 0.3 is 25.7 Å². The summed E-state index contributed by atoms with van der Waals surface area (Å²) in [5.41, 5.74) is 0. The van der Waals surface area contributed by atoms with Crippen LogP contribution in [0, 0.1) is 5.92 Å². The van der Waals surface area contributed by atoms with Gasteiger partial charge in [-0.3, -0.25) is 23.4 Å². The fourth-order valence-corrected chi connectivity index (χ4v) is 13.8. The molecule has 19 atom stereocenters. The number of hydrogen-bond acceptors (Lipinski definition) is 23. The molecule has 0 aromatic heterocycles. The van der Waals surface area contributed by atoms with Crippen molar-refractivity contribution in [2.24, 2.45) is 5.92 Å². The maximum absolute atomic E-state index is 14.4. The van der Waals surface area contributed by atoms with E-state index in [1.165, 1.54) is 116 Å². The van der Waals surface area contributed by atoms with Crippen LogP contribution in [0.3, 0.4) is 0 Å². The van der Waals surface area contributed by atoms with Crippen LogP contribution in [0.4, 0.5) is 0 Å².